The summed E-state index contributed by atoms with van der Waals surface area (Å²) in [6.07, 6.45) is 6.59. The number of benzene rings is 1. The van der Waals surface area contributed by atoms with Crippen LogP contribution in [-0.4, -0.2) is 6.54 Å². The van der Waals surface area contributed by atoms with E-state index in [0.29, 0.717) is 5.02 Å². The normalized spacial score (nSPS) is 12.9. The lowest BCUT2D eigenvalue weighted by molar-refractivity contribution is 0.498. The third-order valence-corrected chi connectivity index (χ3v) is 4.15. The van der Waals surface area contributed by atoms with E-state index in [1.54, 1.807) is 0 Å². The average molecular weight is 316 g/mol. The molecule has 1 aromatic carbocycles. The molecule has 0 heterocycles. The molecule has 0 aliphatic rings. The van der Waals surface area contributed by atoms with E-state index >= 15 is 0 Å². The van der Waals surface area contributed by atoms with Gasteiger partial charge in [-0.3, -0.25) is 0 Å². The Morgan fingerprint density at radius 3 is 2.35 bits per heavy atom. The van der Waals surface area contributed by atoms with Crippen molar-refractivity contribution in [2.24, 2.45) is 5.92 Å². The van der Waals surface area contributed by atoms with Crippen LogP contribution in [0, 0.1) is 5.92 Å². The molecule has 0 saturated heterocycles. The Labute approximate surface area is 134 Å². The van der Waals surface area contributed by atoms with Crippen molar-refractivity contribution in [1.29, 1.82) is 0 Å². The van der Waals surface area contributed by atoms with Crippen LogP contribution in [0.1, 0.15) is 64.5 Å². The van der Waals surface area contributed by atoms with Crippen LogP contribution < -0.4 is 5.32 Å². The van der Waals surface area contributed by atoms with E-state index in [2.05, 4.69) is 26.1 Å². The molecule has 0 aliphatic carbocycles. The third-order valence-electron chi connectivity index (χ3n) is 3.59. The molecule has 1 rings (SSSR count). The molecule has 1 unspecified atom stereocenters. The maximum absolute atomic E-state index is 6.21. The molecule has 0 radical (unpaired) electrons. The van der Waals surface area contributed by atoms with Crippen molar-refractivity contribution < 1.29 is 0 Å². The van der Waals surface area contributed by atoms with E-state index < -0.39 is 0 Å². The van der Waals surface area contributed by atoms with Gasteiger partial charge < -0.3 is 5.32 Å². The minimum atomic E-state index is 0.274. The molecule has 114 valence electrons. The second-order valence-corrected chi connectivity index (χ2v) is 6.78. The maximum Gasteiger partial charge on any atom is 0.0468 e. The molecule has 3 heteroatoms. The molecule has 0 aliphatic heterocycles. The van der Waals surface area contributed by atoms with E-state index in [4.69, 9.17) is 23.2 Å². The van der Waals surface area contributed by atoms with Crippen molar-refractivity contribution >= 4 is 23.2 Å². The molecule has 1 atom stereocenters. The fraction of sp³-hybridized carbons (Fsp3) is 0.647. The highest BCUT2D eigenvalue weighted by molar-refractivity contribution is 6.35. The number of unbranched alkanes of at least 4 members (excludes halogenated alkanes) is 3. The lowest BCUT2D eigenvalue weighted by Gasteiger charge is -2.16. The molecule has 1 N–H and O–H groups in total. The summed E-state index contributed by atoms with van der Waals surface area (Å²) in [5.41, 5.74) is 1.12. The molecule has 0 aromatic heterocycles. The van der Waals surface area contributed by atoms with Crippen LogP contribution in [0.15, 0.2) is 18.2 Å². The molecule has 0 amide bonds. The van der Waals surface area contributed by atoms with Gasteiger partial charge in [-0.15, -0.1) is 0 Å². The number of nitrogens with one attached hydrogen (secondary N) is 1. The highest BCUT2D eigenvalue weighted by atomic mass is 35.5. The van der Waals surface area contributed by atoms with E-state index in [1.807, 2.05) is 18.2 Å². The Morgan fingerprint density at radius 1 is 1.00 bits per heavy atom. The van der Waals surface area contributed by atoms with Crippen LogP contribution in [0.4, 0.5) is 0 Å². The summed E-state index contributed by atoms with van der Waals surface area (Å²) in [5, 5.41) is 4.97. The van der Waals surface area contributed by atoms with Crippen LogP contribution in [0.2, 0.25) is 10.0 Å². The lowest BCUT2D eigenvalue weighted by Crippen LogP contribution is -2.20. The fourth-order valence-electron chi connectivity index (χ4n) is 2.31. The molecule has 0 saturated carbocycles. The summed E-state index contributed by atoms with van der Waals surface area (Å²) in [6, 6.07) is 5.98. The lowest BCUT2D eigenvalue weighted by atomic mass is 10.0. The highest BCUT2D eigenvalue weighted by Gasteiger charge is 2.09. The third kappa shape index (κ3) is 6.97. The molecule has 20 heavy (non-hydrogen) atoms. The Kier molecular flexibility index (Phi) is 8.60. The molecule has 1 aromatic rings. The van der Waals surface area contributed by atoms with Gasteiger partial charge in [0.1, 0.15) is 0 Å². The van der Waals surface area contributed by atoms with Gasteiger partial charge in [0.2, 0.25) is 0 Å². The first-order valence-electron chi connectivity index (χ1n) is 7.69. The van der Waals surface area contributed by atoms with E-state index in [9.17, 15) is 0 Å². The van der Waals surface area contributed by atoms with Crippen molar-refractivity contribution in [2.75, 3.05) is 6.54 Å². The zero-order chi connectivity index (χ0) is 15.0. The number of hydrogen-bond acceptors (Lipinski definition) is 1. The van der Waals surface area contributed by atoms with Crippen LogP contribution >= 0.6 is 23.2 Å². The second-order valence-electron chi connectivity index (χ2n) is 5.94. The molecular formula is C17H27Cl2N. The van der Waals surface area contributed by atoms with Gasteiger partial charge in [-0.25, -0.2) is 0 Å². The first-order chi connectivity index (χ1) is 9.50. The summed E-state index contributed by atoms with van der Waals surface area (Å²) in [4.78, 5) is 0. The van der Waals surface area contributed by atoms with Gasteiger partial charge in [0.15, 0.2) is 0 Å². The monoisotopic (exact) mass is 315 g/mol. The topological polar surface area (TPSA) is 12.0 Å². The summed E-state index contributed by atoms with van der Waals surface area (Å²) in [5.74, 6) is 0.834. The predicted octanol–water partition coefficient (Wildman–Crippen LogP) is 6.25. The minimum Gasteiger partial charge on any atom is -0.310 e. The molecular weight excluding hydrogens is 289 g/mol. The SMILES string of the molecule is CC(C)CCCCCCNC(C)c1ccc(Cl)cc1Cl. The fourth-order valence-corrected chi connectivity index (χ4v) is 2.88. The Balaban J connectivity index is 2.18. The van der Waals surface area contributed by atoms with Gasteiger partial charge in [-0.1, -0.05) is 68.8 Å². The quantitative estimate of drug-likeness (QED) is 0.531. The number of halogens is 2. The predicted molar refractivity (Wildman–Crippen MR) is 90.8 cm³/mol. The zero-order valence-corrected chi connectivity index (χ0v) is 14.4. The van der Waals surface area contributed by atoms with Crippen LogP contribution in [-0.2, 0) is 0 Å². The Morgan fingerprint density at radius 2 is 1.70 bits per heavy atom. The second kappa shape index (κ2) is 9.65. The first-order valence-corrected chi connectivity index (χ1v) is 8.44. The summed E-state index contributed by atoms with van der Waals surface area (Å²) >= 11 is 12.1. The zero-order valence-electron chi connectivity index (χ0n) is 12.9. The van der Waals surface area contributed by atoms with Crippen molar-refractivity contribution in [1.82, 2.24) is 5.32 Å². The summed E-state index contributed by atoms with van der Waals surface area (Å²) in [7, 11) is 0. The Bertz CT molecular complexity index is 391. The van der Waals surface area contributed by atoms with Gasteiger partial charge in [0.25, 0.3) is 0 Å². The van der Waals surface area contributed by atoms with Crippen molar-refractivity contribution in [3.63, 3.8) is 0 Å². The molecule has 0 spiro atoms. The van der Waals surface area contributed by atoms with E-state index in [-0.39, 0.29) is 6.04 Å². The van der Waals surface area contributed by atoms with Crippen LogP contribution in [0.3, 0.4) is 0 Å². The maximum atomic E-state index is 6.21. The van der Waals surface area contributed by atoms with Crippen LogP contribution in [0.5, 0.6) is 0 Å². The van der Waals surface area contributed by atoms with Crippen molar-refractivity contribution in [2.45, 2.75) is 58.9 Å². The smallest absolute Gasteiger partial charge is 0.0468 e. The van der Waals surface area contributed by atoms with Crippen molar-refractivity contribution in [3.05, 3.63) is 33.8 Å². The van der Waals surface area contributed by atoms with Gasteiger partial charge in [-0.2, -0.15) is 0 Å². The molecule has 0 bridgehead atoms. The summed E-state index contributed by atoms with van der Waals surface area (Å²) < 4.78 is 0. The molecule has 0 fully saturated rings. The van der Waals surface area contributed by atoms with Gasteiger partial charge in [-0.05, 0) is 43.5 Å². The first kappa shape index (κ1) is 17.8. The highest BCUT2D eigenvalue weighted by Crippen LogP contribution is 2.26. The minimum absolute atomic E-state index is 0.274. The standard InChI is InChI=1S/C17H27Cl2N/c1-13(2)8-6-4-5-7-11-20-14(3)16-10-9-15(18)12-17(16)19/h9-10,12-14,20H,4-8,11H2,1-3H3. The van der Waals surface area contributed by atoms with Gasteiger partial charge in [0.05, 0.1) is 0 Å². The van der Waals surface area contributed by atoms with E-state index in [0.717, 1.165) is 23.0 Å². The average Bonchev–Trinajstić information content (AvgIpc) is 2.37. The van der Waals surface area contributed by atoms with Gasteiger partial charge >= 0.3 is 0 Å². The number of rotatable bonds is 9. The largest absolute Gasteiger partial charge is 0.310 e. The van der Waals surface area contributed by atoms with Gasteiger partial charge in [0, 0.05) is 16.1 Å². The molecule has 1 nitrogen and oxygen atoms in total. The number of hydrogen-bond donors (Lipinski definition) is 1. The van der Waals surface area contributed by atoms with Crippen LogP contribution in [0.25, 0.3) is 0 Å². The van der Waals surface area contributed by atoms with E-state index in [1.165, 1.54) is 32.1 Å². The van der Waals surface area contributed by atoms with Crippen molar-refractivity contribution in [3.8, 4) is 0 Å². The Hall–Kier alpha value is -0.240. The summed E-state index contributed by atoms with van der Waals surface area (Å²) in [6.45, 7) is 7.77.